The highest BCUT2D eigenvalue weighted by atomic mass is 16.5. The quantitative estimate of drug-likeness (QED) is 0.767. The Labute approximate surface area is 141 Å². The maximum atomic E-state index is 9.43. The van der Waals surface area contributed by atoms with Crippen LogP contribution in [0.1, 0.15) is 19.4 Å². The van der Waals surface area contributed by atoms with Crippen molar-refractivity contribution in [3.05, 3.63) is 60.4 Å². The van der Waals surface area contributed by atoms with E-state index in [0.29, 0.717) is 0 Å². The van der Waals surface area contributed by atoms with Crippen LogP contribution in [-0.2, 0) is 5.41 Å². The van der Waals surface area contributed by atoms with E-state index in [2.05, 4.69) is 16.0 Å². The third-order valence-corrected chi connectivity index (χ3v) is 4.18. The molecule has 24 heavy (non-hydrogen) atoms. The molecule has 0 fully saturated rings. The second-order valence-electron chi connectivity index (χ2n) is 6.16. The Kier molecular flexibility index (Phi) is 4.09. The lowest BCUT2D eigenvalue weighted by atomic mass is 9.83. The highest BCUT2D eigenvalue weighted by Crippen LogP contribution is 2.35. The van der Waals surface area contributed by atoms with Crippen LogP contribution in [0.15, 0.2) is 54.9 Å². The molecule has 120 valence electrons. The Morgan fingerprint density at radius 1 is 1.08 bits per heavy atom. The molecule has 0 saturated heterocycles. The molecule has 0 unspecified atom stereocenters. The minimum atomic E-state index is -0.556. The Morgan fingerprint density at radius 2 is 1.83 bits per heavy atom. The number of nitrogens with zero attached hydrogens (tertiary/aromatic N) is 2. The lowest BCUT2D eigenvalue weighted by Gasteiger charge is -2.18. The number of nitriles is 1. The van der Waals surface area contributed by atoms with Gasteiger partial charge in [0.05, 0.1) is 18.6 Å². The van der Waals surface area contributed by atoms with Crippen molar-refractivity contribution in [2.24, 2.45) is 0 Å². The molecule has 0 aliphatic heterocycles. The third kappa shape index (κ3) is 2.89. The van der Waals surface area contributed by atoms with Crippen LogP contribution < -0.4 is 4.74 Å². The SMILES string of the molecule is COc1ccc(-c2ccc(C(C)(C)C#N)cc2-c2ncc[nH]2)cc1. The molecule has 1 aromatic heterocycles. The summed E-state index contributed by atoms with van der Waals surface area (Å²) in [5, 5.41) is 9.43. The molecule has 0 spiro atoms. The van der Waals surface area contributed by atoms with Gasteiger partial charge in [-0.05, 0) is 48.7 Å². The van der Waals surface area contributed by atoms with E-state index in [-0.39, 0.29) is 0 Å². The summed E-state index contributed by atoms with van der Waals surface area (Å²) in [7, 11) is 1.65. The van der Waals surface area contributed by atoms with E-state index >= 15 is 0 Å². The van der Waals surface area contributed by atoms with Crippen LogP contribution in [0.3, 0.4) is 0 Å². The third-order valence-electron chi connectivity index (χ3n) is 4.18. The zero-order valence-corrected chi connectivity index (χ0v) is 14.0. The number of nitrogens with one attached hydrogen (secondary N) is 1. The summed E-state index contributed by atoms with van der Waals surface area (Å²) >= 11 is 0. The standard InChI is InChI=1S/C20H19N3O/c1-20(2,13-21)15-6-9-17(14-4-7-16(24-3)8-5-14)18(12-15)19-22-10-11-23-19/h4-12H,1-3H3,(H,22,23). The fourth-order valence-corrected chi connectivity index (χ4v) is 2.63. The van der Waals surface area contributed by atoms with Crippen LogP contribution in [-0.4, -0.2) is 17.1 Å². The molecule has 0 radical (unpaired) electrons. The zero-order valence-electron chi connectivity index (χ0n) is 14.0. The number of hydrogen-bond acceptors (Lipinski definition) is 3. The number of aromatic amines is 1. The van der Waals surface area contributed by atoms with Gasteiger partial charge >= 0.3 is 0 Å². The van der Waals surface area contributed by atoms with Crippen molar-refractivity contribution in [2.45, 2.75) is 19.3 Å². The van der Waals surface area contributed by atoms with E-state index in [1.807, 2.05) is 56.3 Å². The number of ether oxygens (including phenoxy) is 1. The molecular weight excluding hydrogens is 298 g/mol. The van der Waals surface area contributed by atoms with Crippen molar-refractivity contribution < 1.29 is 4.74 Å². The van der Waals surface area contributed by atoms with Gasteiger partial charge in [0.25, 0.3) is 0 Å². The summed E-state index contributed by atoms with van der Waals surface area (Å²) < 4.78 is 5.23. The molecule has 1 N–H and O–H groups in total. The van der Waals surface area contributed by atoms with Crippen molar-refractivity contribution in [2.75, 3.05) is 7.11 Å². The molecule has 1 heterocycles. The highest BCUT2D eigenvalue weighted by Gasteiger charge is 2.22. The topological polar surface area (TPSA) is 61.7 Å². The van der Waals surface area contributed by atoms with Crippen molar-refractivity contribution >= 4 is 0 Å². The lowest BCUT2D eigenvalue weighted by Crippen LogP contribution is -2.14. The van der Waals surface area contributed by atoms with Crippen LogP contribution in [0.2, 0.25) is 0 Å². The Bertz CT molecular complexity index is 872. The molecule has 3 aromatic rings. The van der Waals surface area contributed by atoms with E-state index in [1.54, 1.807) is 19.5 Å². The number of methoxy groups -OCH3 is 1. The van der Waals surface area contributed by atoms with E-state index < -0.39 is 5.41 Å². The predicted molar refractivity (Wildman–Crippen MR) is 94.7 cm³/mol. The van der Waals surface area contributed by atoms with Crippen LogP contribution in [0.4, 0.5) is 0 Å². The number of imidazole rings is 1. The number of aromatic nitrogens is 2. The Hall–Kier alpha value is -3.06. The number of H-pyrrole nitrogens is 1. The van der Waals surface area contributed by atoms with Crippen LogP contribution in [0.25, 0.3) is 22.5 Å². The fourth-order valence-electron chi connectivity index (χ4n) is 2.63. The largest absolute Gasteiger partial charge is 0.497 e. The summed E-state index contributed by atoms with van der Waals surface area (Å²) in [5.41, 5.74) is 3.52. The smallest absolute Gasteiger partial charge is 0.137 e. The molecule has 0 saturated carbocycles. The summed E-state index contributed by atoms with van der Waals surface area (Å²) in [4.78, 5) is 7.56. The van der Waals surface area contributed by atoms with Gasteiger partial charge in [0.1, 0.15) is 11.6 Å². The number of rotatable bonds is 4. The van der Waals surface area contributed by atoms with Crippen molar-refractivity contribution in [3.63, 3.8) is 0 Å². The monoisotopic (exact) mass is 317 g/mol. The lowest BCUT2D eigenvalue weighted by molar-refractivity contribution is 0.415. The van der Waals surface area contributed by atoms with Crippen molar-refractivity contribution in [3.8, 4) is 34.3 Å². The summed E-state index contributed by atoms with van der Waals surface area (Å²) in [5.74, 6) is 1.61. The highest BCUT2D eigenvalue weighted by molar-refractivity contribution is 5.81. The molecule has 4 nitrogen and oxygen atoms in total. The van der Waals surface area contributed by atoms with Crippen LogP contribution >= 0.6 is 0 Å². The number of hydrogen-bond donors (Lipinski definition) is 1. The minimum Gasteiger partial charge on any atom is -0.497 e. The second-order valence-corrected chi connectivity index (χ2v) is 6.16. The van der Waals surface area contributed by atoms with Gasteiger partial charge in [0.2, 0.25) is 0 Å². The molecule has 0 aliphatic carbocycles. The average molecular weight is 317 g/mol. The van der Waals surface area contributed by atoms with Gasteiger partial charge in [-0.3, -0.25) is 0 Å². The molecule has 0 amide bonds. The maximum absolute atomic E-state index is 9.43. The van der Waals surface area contributed by atoms with Crippen molar-refractivity contribution in [1.29, 1.82) is 5.26 Å². The maximum Gasteiger partial charge on any atom is 0.137 e. The summed E-state index contributed by atoms with van der Waals surface area (Å²) in [6.07, 6.45) is 3.53. The second kappa shape index (κ2) is 6.21. The normalized spacial score (nSPS) is 11.1. The Balaban J connectivity index is 2.17. The van der Waals surface area contributed by atoms with Gasteiger partial charge in [-0.15, -0.1) is 0 Å². The molecule has 0 atom stereocenters. The predicted octanol–water partition coefficient (Wildman–Crippen LogP) is 4.55. The van der Waals surface area contributed by atoms with E-state index in [0.717, 1.165) is 33.8 Å². The molecule has 3 rings (SSSR count). The summed E-state index contributed by atoms with van der Waals surface area (Å²) in [6, 6.07) is 16.4. The molecular formula is C20H19N3O. The first kappa shape index (κ1) is 15.8. The van der Waals surface area contributed by atoms with Gasteiger partial charge in [-0.1, -0.05) is 24.3 Å². The minimum absolute atomic E-state index is 0.556. The average Bonchev–Trinajstić information content (AvgIpc) is 3.16. The van der Waals surface area contributed by atoms with E-state index in [1.165, 1.54) is 0 Å². The zero-order chi connectivity index (χ0) is 17.2. The molecule has 2 aromatic carbocycles. The first-order chi connectivity index (χ1) is 11.5. The first-order valence-corrected chi connectivity index (χ1v) is 7.75. The molecule has 0 aliphatic rings. The van der Waals surface area contributed by atoms with Gasteiger partial charge in [0, 0.05) is 18.0 Å². The van der Waals surface area contributed by atoms with E-state index in [9.17, 15) is 5.26 Å². The van der Waals surface area contributed by atoms with Crippen LogP contribution in [0.5, 0.6) is 5.75 Å². The fraction of sp³-hybridized carbons (Fsp3) is 0.200. The van der Waals surface area contributed by atoms with E-state index in [4.69, 9.17) is 4.74 Å². The van der Waals surface area contributed by atoms with Gasteiger partial charge < -0.3 is 9.72 Å². The van der Waals surface area contributed by atoms with Crippen LogP contribution in [0, 0.1) is 11.3 Å². The molecule has 4 heteroatoms. The first-order valence-electron chi connectivity index (χ1n) is 7.75. The van der Waals surface area contributed by atoms with Gasteiger partial charge in [-0.25, -0.2) is 4.98 Å². The van der Waals surface area contributed by atoms with Gasteiger partial charge in [-0.2, -0.15) is 5.26 Å². The Morgan fingerprint density at radius 3 is 2.42 bits per heavy atom. The molecule has 0 bridgehead atoms. The van der Waals surface area contributed by atoms with Gasteiger partial charge in [0.15, 0.2) is 0 Å². The summed E-state index contributed by atoms with van der Waals surface area (Å²) in [6.45, 7) is 3.84. The number of benzene rings is 2. The van der Waals surface area contributed by atoms with Crippen molar-refractivity contribution in [1.82, 2.24) is 9.97 Å².